The number of carboxylic acids is 1. The molecule has 4 aliphatic carbocycles. The van der Waals surface area contributed by atoms with E-state index in [0.717, 1.165) is 37.6 Å². The Hall–Kier alpha value is -2.93. The van der Waals surface area contributed by atoms with Gasteiger partial charge in [0.15, 0.2) is 0 Å². The van der Waals surface area contributed by atoms with Crippen molar-refractivity contribution in [2.24, 2.45) is 40.2 Å². The SMILES string of the molecule is CC(C(=O)O)C(N)C(=O)OC1CCC2(C)C(=CCC3C2CCC2(C)C(n4cnc5ccccc54)=CCC32)C1. The minimum Gasteiger partial charge on any atom is -0.481 e. The van der Waals surface area contributed by atoms with Gasteiger partial charge in [-0.25, -0.2) is 4.98 Å². The first-order valence-corrected chi connectivity index (χ1v) is 14.1. The van der Waals surface area contributed by atoms with Crippen molar-refractivity contribution in [2.75, 3.05) is 0 Å². The smallest absolute Gasteiger partial charge is 0.324 e. The maximum absolute atomic E-state index is 12.6. The van der Waals surface area contributed by atoms with E-state index < -0.39 is 23.9 Å². The number of hydrogen-bond acceptors (Lipinski definition) is 5. The van der Waals surface area contributed by atoms with Crippen LogP contribution >= 0.6 is 0 Å². The van der Waals surface area contributed by atoms with Crippen LogP contribution in [0.25, 0.3) is 16.7 Å². The van der Waals surface area contributed by atoms with Gasteiger partial charge < -0.3 is 20.1 Å². The number of aromatic nitrogens is 2. The van der Waals surface area contributed by atoms with Crippen LogP contribution in [0, 0.1) is 34.5 Å². The molecule has 0 radical (unpaired) electrons. The topological polar surface area (TPSA) is 107 Å². The van der Waals surface area contributed by atoms with Crippen LogP contribution in [-0.4, -0.2) is 38.7 Å². The van der Waals surface area contributed by atoms with Crippen molar-refractivity contribution in [1.29, 1.82) is 0 Å². The zero-order valence-electron chi connectivity index (χ0n) is 22.6. The molecule has 1 heterocycles. The number of carboxylic acid groups (broad SMARTS) is 1. The highest BCUT2D eigenvalue weighted by Crippen LogP contribution is 2.65. The molecule has 3 N–H and O–H groups in total. The highest BCUT2D eigenvalue weighted by molar-refractivity contribution is 5.83. The Morgan fingerprint density at radius 1 is 1.11 bits per heavy atom. The van der Waals surface area contributed by atoms with Crippen molar-refractivity contribution in [1.82, 2.24) is 9.55 Å². The number of benzene rings is 1. The van der Waals surface area contributed by atoms with E-state index in [1.54, 1.807) is 0 Å². The van der Waals surface area contributed by atoms with Gasteiger partial charge in [0.2, 0.25) is 0 Å². The average Bonchev–Trinajstić information content (AvgIpc) is 3.48. The Morgan fingerprint density at radius 2 is 1.87 bits per heavy atom. The van der Waals surface area contributed by atoms with Crippen molar-refractivity contribution >= 4 is 28.7 Å². The Balaban J connectivity index is 1.19. The van der Waals surface area contributed by atoms with Gasteiger partial charge in [-0.05, 0) is 80.8 Å². The molecular weight excluding hydrogens is 478 g/mol. The van der Waals surface area contributed by atoms with E-state index in [0.29, 0.717) is 17.8 Å². The van der Waals surface area contributed by atoms with Crippen LogP contribution in [0.5, 0.6) is 0 Å². The molecule has 0 saturated heterocycles. The maximum Gasteiger partial charge on any atom is 0.324 e. The number of esters is 1. The molecule has 1 aromatic heterocycles. The van der Waals surface area contributed by atoms with Crippen LogP contribution in [0.1, 0.15) is 65.7 Å². The van der Waals surface area contributed by atoms with Crippen LogP contribution in [0.2, 0.25) is 0 Å². The van der Waals surface area contributed by atoms with Crippen molar-refractivity contribution in [2.45, 2.75) is 77.9 Å². The molecule has 8 unspecified atom stereocenters. The molecule has 0 aliphatic heterocycles. The summed E-state index contributed by atoms with van der Waals surface area (Å²) >= 11 is 0. The molecule has 7 heteroatoms. The van der Waals surface area contributed by atoms with Crippen molar-refractivity contribution in [3.05, 3.63) is 48.3 Å². The fraction of sp³-hybridized carbons (Fsp3) is 0.581. The van der Waals surface area contributed by atoms with E-state index in [1.807, 2.05) is 12.4 Å². The normalized spacial score (nSPS) is 35.8. The standard InChI is InChI=1S/C31H39N3O4/c1-18(28(35)36)27(32)29(37)38-20-12-14-30(2)19(16-20)8-9-21-22-10-11-26(31(22,3)15-13-23(21)30)34-17-33-24-6-4-5-7-25(24)34/h4-8,11,17-18,20-23,27H,9-10,12-16,32H2,1-3H3,(H,35,36). The number of nitrogens with two attached hydrogens (primary N) is 1. The highest BCUT2D eigenvalue weighted by atomic mass is 16.5. The summed E-state index contributed by atoms with van der Waals surface area (Å²) in [7, 11) is 0. The number of imidazole rings is 1. The third-order valence-electron chi connectivity index (χ3n) is 10.8. The van der Waals surface area contributed by atoms with Crippen LogP contribution < -0.4 is 5.73 Å². The van der Waals surface area contributed by atoms with Gasteiger partial charge in [0.05, 0.1) is 17.0 Å². The molecular formula is C31H39N3O4. The summed E-state index contributed by atoms with van der Waals surface area (Å²) in [4.78, 5) is 28.5. The first-order chi connectivity index (χ1) is 18.1. The quantitative estimate of drug-likeness (QED) is 0.406. The number of ether oxygens (including phenoxy) is 1. The van der Waals surface area contributed by atoms with E-state index in [9.17, 15) is 14.7 Å². The van der Waals surface area contributed by atoms with E-state index in [-0.39, 0.29) is 16.9 Å². The van der Waals surface area contributed by atoms with E-state index in [1.165, 1.54) is 36.6 Å². The monoisotopic (exact) mass is 517 g/mol. The fourth-order valence-electron chi connectivity index (χ4n) is 8.40. The molecule has 202 valence electrons. The fourth-order valence-corrected chi connectivity index (χ4v) is 8.40. The molecule has 2 aromatic rings. The predicted octanol–water partition coefficient (Wildman–Crippen LogP) is 5.41. The van der Waals surface area contributed by atoms with Gasteiger partial charge in [-0.2, -0.15) is 0 Å². The van der Waals surface area contributed by atoms with E-state index in [4.69, 9.17) is 10.5 Å². The summed E-state index contributed by atoms with van der Waals surface area (Å²) in [6, 6.07) is 7.25. The van der Waals surface area contributed by atoms with Gasteiger partial charge in [-0.3, -0.25) is 9.59 Å². The van der Waals surface area contributed by atoms with Crippen molar-refractivity contribution in [3.63, 3.8) is 0 Å². The molecule has 0 spiro atoms. The lowest BCUT2D eigenvalue weighted by Gasteiger charge is -2.57. The van der Waals surface area contributed by atoms with Gasteiger partial charge in [-0.15, -0.1) is 0 Å². The molecule has 0 amide bonds. The second kappa shape index (κ2) is 9.08. The summed E-state index contributed by atoms with van der Waals surface area (Å²) < 4.78 is 8.08. The number of fused-ring (bicyclic) bond motifs is 6. The van der Waals surface area contributed by atoms with Gasteiger partial charge >= 0.3 is 11.9 Å². The van der Waals surface area contributed by atoms with E-state index >= 15 is 0 Å². The Labute approximate surface area is 224 Å². The van der Waals surface area contributed by atoms with E-state index in [2.05, 4.69) is 53.7 Å². The molecule has 8 atom stereocenters. The van der Waals surface area contributed by atoms with Gasteiger partial charge in [-0.1, -0.05) is 43.7 Å². The molecule has 2 saturated carbocycles. The Bertz CT molecular complexity index is 1340. The zero-order valence-corrected chi connectivity index (χ0v) is 22.6. The summed E-state index contributed by atoms with van der Waals surface area (Å²) in [5, 5.41) is 9.20. The first kappa shape index (κ1) is 25.4. The molecule has 4 aliphatic rings. The minimum atomic E-state index is -1.14. The number of carbonyl (C=O) groups is 2. The van der Waals surface area contributed by atoms with Gasteiger partial charge in [0, 0.05) is 17.5 Å². The summed E-state index contributed by atoms with van der Waals surface area (Å²) in [5.41, 5.74) is 11.2. The molecule has 1 aromatic carbocycles. The second-order valence-electron chi connectivity index (χ2n) is 12.6. The van der Waals surface area contributed by atoms with Crippen LogP contribution in [-0.2, 0) is 14.3 Å². The highest BCUT2D eigenvalue weighted by Gasteiger charge is 2.57. The van der Waals surface area contributed by atoms with Crippen molar-refractivity contribution < 1.29 is 19.4 Å². The summed E-state index contributed by atoms with van der Waals surface area (Å²) in [6.07, 6.45) is 13.7. The van der Waals surface area contributed by atoms with Crippen LogP contribution in [0.3, 0.4) is 0 Å². The predicted molar refractivity (Wildman–Crippen MR) is 146 cm³/mol. The third kappa shape index (κ3) is 3.76. The first-order valence-electron chi connectivity index (χ1n) is 14.1. The number of aliphatic carboxylic acids is 1. The summed E-state index contributed by atoms with van der Waals surface area (Å²) in [5.74, 6) is -0.783. The lowest BCUT2D eigenvalue weighted by Crippen LogP contribution is -2.50. The van der Waals surface area contributed by atoms with Gasteiger partial charge in [0.1, 0.15) is 18.5 Å². The molecule has 2 fully saturated rings. The minimum absolute atomic E-state index is 0.119. The van der Waals surface area contributed by atoms with Gasteiger partial charge in [0.25, 0.3) is 0 Å². The zero-order chi connectivity index (χ0) is 26.8. The number of para-hydroxylation sites is 2. The Kier molecular flexibility index (Phi) is 6.06. The van der Waals surface area contributed by atoms with Crippen LogP contribution in [0.4, 0.5) is 0 Å². The molecule has 0 bridgehead atoms. The number of hydrogen-bond donors (Lipinski definition) is 2. The lowest BCUT2D eigenvalue weighted by atomic mass is 9.47. The molecule has 6 rings (SSSR count). The summed E-state index contributed by atoms with van der Waals surface area (Å²) in [6.45, 7) is 6.35. The maximum atomic E-state index is 12.6. The largest absolute Gasteiger partial charge is 0.481 e. The number of carbonyl (C=O) groups excluding carboxylic acids is 1. The second-order valence-corrected chi connectivity index (χ2v) is 12.6. The average molecular weight is 518 g/mol. The number of rotatable bonds is 5. The van der Waals surface area contributed by atoms with Crippen LogP contribution in [0.15, 0.2) is 48.3 Å². The Morgan fingerprint density at radius 3 is 2.66 bits per heavy atom. The molecule has 38 heavy (non-hydrogen) atoms. The molecule has 7 nitrogen and oxygen atoms in total. The third-order valence-corrected chi connectivity index (χ3v) is 10.8. The number of nitrogens with zero attached hydrogens (tertiary/aromatic N) is 2. The number of allylic oxidation sites excluding steroid dienone is 3. The lowest BCUT2D eigenvalue weighted by molar-refractivity contribution is -0.158. The van der Waals surface area contributed by atoms with Crippen molar-refractivity contribution in [3.8, 4) is 0 Å².